The molecule has 2 aromatic rings. The summed E-state index contributed by atoms with van der Waals surface area (Å²) in [6.07, 6.45) is 1.06. The number of phenolic OH excluding ortho intramolecular Hbond substituents is 1. The zero-order chi connectivity index (χ0) is 20.8. The van der Waals surface area contributed by atoms with Crippen molar-refractivity contribution in [3.63, 3.8) is 0 Å². The van der Waals surface area contributed by atoms with Gasteiger partial charge < -0.3 is 5.11 Å². The summed E-state index contributed by atoms with van der Waals surface area (Å²) in [4.78, 5) is 7.47. The van der Waals surface area contributed by atoms with Crippen molar-refractivity contribution in [2.75, 3.05) is 6.54 Å². The summed E-state index contributed by atoms with van der Waals surface area (Å²) in [6.45, 7) is 15.2. The van der Waals surface area contributed by atoms with Crippen molar-refractivity contribution in [2.45, 2.75) is 54.9 Å². The molecule has 0 saturated carbocycles. The molecule has 150 valence electrons. The first-order valence-electron chi connectivity index (χ1n) is 9.73. The van der Waals surface area contributed by atoms with Gasteiger partial charge in [0.2, 0.25) is 0 Å². The van der Waals surface area contributed by atoms with Crippen LogP contribution in [0.4, 0.5) is 0 Å². The molecule has 0 amide bonds. The molecule has 1 aromatic heterocycles. The van der Waals surface area contributed by atoms with Gasteiger partial charge in [-0.2, -0.15) is 10.2 Å². The second kappa shape index (κ2) is 9.78. The Morgan fingerprint density at radius 2 is 1.68 bits per heavy atom. The molecule has 0 aliphatic rings. The lowest BCUT2D eigenvalue weighted by Gasteiger charge is -2.10. The van der Waals surface area contributed by atoms with Gasteiger partial charge in [-0.3, -0.25) is 4.99 Å². The van der Waals surface area contributed by atoms with Gasteiger partial charge in [-0.15, -0.1) is 11.3 Å². The van der Waals surface area contributed by atoms with Gasteiger partial charge in [-0.05, 0) is 76.8 Å². The molecule has 1 aromatic carbocycles. The molecular weight excluding hydrogens is 366 g/mol. The average molecular weight is 398 g/mol. The van der Waals surface area contributed by atoms with Gasteiger partial charge in [0.15, 0.2) is 0 Å². The van der Waals surface area contributed by atoms with Crippen molar-refractivity contribution >= 4 is 28.5 Å². The summed E-state index contributed by atoms with van der Waals surface area (Å²) in [5.74, 6) is 0.692. The van der Waals surface area contributed by atoms with E-state index in [-0.39, 0.29) is 5.75 Å². The van der Waals surface area contributed by atoms with Crippen LogP contribution in [0.1, 0.15) is 60.6 Å². The molecule has 0 bridgehead atoms. The van der Waals surface area contributed by atoms with Crippen LogP contribution in [0.3, 0.4) is 0 Å². The van der Waals surface area contributed by atoms with Crippen LogP contribution in [0.25, 0.3) is 0 Å². The van der Waals surface area contributed by atoms with Crippen LogP contribution in [-0.4, -0.2) is 28.8 Å². The van der Waals surface area contributed by atoms with E-state index in [0.29, 0.717) is 12.5 Å². The van der Waals surface area contributed by atoms with Gasteiger partial charge in [0.25, 0.3) is 0 Å². The topological polar surface area (TPSA) is 57.3 Å². The Hall–Kier alpha value is -2.27. The highest BCUT2D eigenvalue weighted by atomic mass is 32.1. The Morgan fingerprint density at radius 1 is 1.04 bits per heavy atom. The third-order valence-corrected chi connectivity index (χ3v) is 6.23. The number of nitrogens with zero attached hydrogens (tertiary/aromatic N) is 3. The normalized spacial score (nSPS) is 14.5. The number of aromatic hydroxyl groups is 1. The number of thiophene rings is 1. The molecule has 0 radical (unpaired) electrons. The van der Waals surface area contributed by atoms with Gasteiger partial charge in [0.1, 0.15) is 5.75 Å². The van der Waals surface area contributed by atoms with E-state index in [1.54, 1.807) is 23.5 Å². The van der Waals surface area contributed by atoms with Gasteiger partial charge >= 0.3 is 0 Å². The maximum absolute atomic E-state index is 9.66. The lowest BCUT2D eigenvalue weighted by Crippen LogP contribution is -2.09. The minimum Gasteiger partial charge on any atom is -0.508 e. The highest BCUT2D eigenvalue weighted by molar-refractivity contribution is 7.12. The zero-order valence-corrected chi connectivity index (χ0v) is 18.8. The fourth-order valence-corrected chi connectivity index (χ4v) is 3.93. The molecule has 2 rings (SSSR count). The van der Waals surface area contributed by atoms with E-state index in [4.69, 9.17) is 4.99 Å². The molecular formula is C23H31N3OS. The molecule has 0 fully saturated rings. The van der Waals surface area contributed by atoms with Crippen LogP contribution in [0, 0.1) is 26.7 Å². The highest BCUT2D eigenvalue weighted by Crippen LogP contribution is 2.29. The lowest BCUT2D eigenvalue weighted by atomic mass is 9.98. The molecule has 1 atom stereocenters. The van der Waals surface area contributed by atoms with E-state index in [9.17, 15) is 5.11 Å². The highest BCUT2D eigenvalue weighted by Gasteiger charge is 2.17. The van der Waals surface area contributed by atoms with Crippen molar-refractivity contribution in [3.05, 3.63) is 50.7 Å². The zero-order valence-electron chi connectivity index (χ0n) is 18.0. The van der Waals surface area contributed by atoms with Crippen LogP contribution in [-0.2, 0) is 0 Å². The number of hydrogen-bond acceptors (Lipinski definition) is 5. The third-order valence-electron chi connectivity index (χ3n) is 5.11. The molecule has 5 heteroatoms. The van der Waals surface area contributed by atoms with Crippen molar-refractivity contribution in [1.29, 1.82) is 0 Å². The third kappa shape index (κ3) is 5.38. The van der Waals surface area contributed by atoms with Crippen molar-refractivity contribution in [3.8, 4) is 5.75 Å². The minimum absolute atomic E-state index is 0.255. The van der Waals surface area contributed by atoms with E-state index in [1.807, 2.05) is 26.0 Å². The minimum atomic E-state index is 0.255. The maximum atomic E-state index is 9.66. The first-order valence-corrected chi connectivity index (χ1v) is 10.5. The predicted molar refractivity (Wildman–Crippen MR) is 123 cm³/mol. The molecule has 1 N–H and O–H groups in total. The smallest absolute Gasteiger partial charge is 0.115 e. The fourth-order valence-electron chi connectivity index (χ4n) is 2.86. The van der Waals surface area contributed by atoms with Gasteiger partial charge in [-0.25, -0.2) is 0 Å². The van der Waals surface area contributed by atoms with Gasteiger partial charge in [-0.1, -0.05) is 13.8 Å². The average Bonchev–Trinajstić information content (AvgIpc) is 2.93. The quantitative estimate of drug-likeness (QED) is 0.445. The summed E-state index contributed by atoms with van der Waals surface area (Å²) >= 11 is 1.79. The number of phenols is 1. The first-order chi connectivity index (χ1) is 13.2. The number of aryl methyl sites for hydroxylation is 2. The predicted octanol–water partition coefficient (Wildman–Crippen LogP) is 6.10. The molecule has 28 heavy (non-hydrogen) atoms. The van der Waals surface area contributed by atoms with Crippen LogP contribution >= 0.6 is 11.3 Å². The Bertz CT molecular complexity index is 905. The van der Waals surface area contributed by atoms with E-state index in [0.717, 1.165) is 29.1 Å². The second-order valence-corrected chi connectivity index (χ2v) is 8.74. The molecule has 4 nitrogen and oxygen atoms in total. The van der Waals surface area contributed by atoms with Gasteiger partial charge in [0.05, 0.1) is 18.0 Å². The van der Waals surface area contributed by atoms with Crippen molar-refractivity contribution < 1.29 is 5.11 Å². The standard InChI is InChI=1S/C23H31N3OS/c1-8-14(2)17(5)26-25-15(3)13-24-23(20-9-11-21(27)12-10-20)22-16(4)18(6)28-19(22)7/h9-12,14,27H,8,13H2,1-7H3/b24-23?,25-15+,26-17-. The van der Waals surface area contributed by atoms with E-state index in [1.165, 1.54) is 20.9 Å². The van der Waals surface area contributed by atoms with Crippen molar-refractivity contribution in [1.82, 2.24) is 0 Å². The number of hydrogen-bond donors (Lipinski definition) is 1. The lowest BCUT2D eigenvalue weighted by molar-refractivity contribution is 0.475. The van der Waals surface area contributed by atoms with Crippen LogP contribution in [0.2, 0.25) is 0 Å². The molecule has 1 heterocycles. The van der Waals surface area contributed by atoms with Crippen LogP contribution in [0.5, 0.6) is 5.75 Å². The van der Waals surface area contributed by atoms with Gasteiger partial charge in [0, 0.05) is 26.6 Å². The van der Waals surface area contributed by atoms with E-state index < -0.39 is 0 Å². The monoisotopic (exact) mass is 397 g/mol. The SMILES string of the molecule is CCC(C)/C(C)=N\N=C(/C)CN=C(c1ccc(O)cc1)c1c(C)sc(C)c1C. The number of benzene rings is 1. The summed E-state index contributed by atoms with van der Waals surface area (Å²) in [5.41, 5.74) is 6.30. The Labute approximate surface area is 172 Å². The largest absolute Gasteiger partial charge is 0.508 e. The van der Waals surface area contributed by atoms with Crippen molar-refractivity contribution in [2.24, 2.45) is 21.1 Å². The molecule has 0 saturated heterocycles. The summed E-state index contributed by atoms with van der Waals surface area (Å²) in [6, 6.07) is 7.24. The van der Waals surface area contributed by atoms with E-state index in [2.05, 4.69) is 44.8 Å². The Kier molecular flexibility index (Phi) is 7.69. The Balaban J connectivity index is 2.41. The molecule has 0 spiro atoms. The van der Waals surface area contributed by atoms with E-state index >= 15 is 0 Å². The summed E-state index contributed by atoms with van der Waals surface area (Å²) in [5, 5.41) is 18.4. The summed E-state index contributed by atoms with van der Waals surface area (Å²) < 4.78 is 0. The summed E-state index contributed by atoms with van der Waals surface area (Å²) in [7, 11) is 0. The van der Waals surface area contributed by atoms with Crippen LogP contribution in [0.15, 0.2) is 39.5 Å². The Morgan fingerprint density at radius 3 is 2.21 bits per heavy atom. The molecule has 1 unspecified atom stereocenters. The maximum Gasteiger partial charge on any atom is 0.115 e. The first kappa shape index (κ1) is 22.0. The number of aliphatic imine (C=N–C) groups is 1. The number of rotatable bonds is 7. The second-order valence-electron chi connectivity index (χ2n) is 7.31. The van der Waals surface area contributed by atoms with Crippen LogP contribution < -0.4 is 0 Å². The fraction of sp³-hybridized carbons (Fsp3) is 0.435. The molecule has 0 aliphatic heterocycles. The molecule has 0 aliphatic carbocycles.